The molecule has 19 heavy (non-hydrogen) atoms. The summed E-state index contributed by atoms with van der Waals surface area (Å²) < 4.78 is 0. The molecular formula is C13H11NO5. The van der Waals surface area contributed by atoms with Crippen LogP contribution in [0.25, 0.3) is 10.8 Å². The quantitative estimate of drug-likeness (QED) is 0.572. The number of nitrogens with zero attached hydrogens (tertiary/aromatic N) is 1. The van der Waals surface area contributed by atoms with Crippen molar-refractivity contribution in [3.63, 3.8) is 0 Å². The van der Waals surface area contributed by atoms with Crippen LogP contribution in [0, 0.1) is 0 Å². The zero-order valence-corrected chi connectivity index (χ0v) is 9.69. The second-order valence-corrected chi connectivity index (χ2v) is 4.41. The van der Waals surface area contributed by atoms with Crippen LogP contribution in [-0.2, 0) is 0 Å². The molecular weight excluding hydrogens is 250 g/mol. The summed E-state index contributed by atoms with van der Waals surface area (Å²) in [6.45, 7) is 0. The van der Waals surface area contributed by atoms with Gasteiger partial charge in [-0.1, -0.05) is 18.2 Å². The Labute approximate surface area is 107 Å². The number of hydroxylamine groups is 2. The summed E-state index contributed by atoms with van der Waals surface area (Å²) in [4.78, 5) is 11.1. The zero-order chi connectivity index (χ0) is 13.7. The Morgan fingerprint density at radius 3 is 2.53 bits per heavy atom. The van der Waals surface area contributed by atoms with E-state index in [9.17, 15) is 25.3 Å². The number of benzene rings is 2. The molecule has 2 aromatic rings. The highest BCUT2D eigenvalue weighted by Gasteiger charge is 2.34. The molecule has 6 nitrogen and oxygen atoms in total. The predicted octanol–water partition coefficient (Wildman–Crippen LogP) is 1.04. The molecule has 2 atom stereocenters. The maximum Gasteiger partial charge on any atom is 0.159 e. The van der Waals surface area contributed by atoms with E-state index in [2.05, 4.69) is 0 Å². The van der Waals surface area contributed by atoms with E-state index in [4.69, 9.17) is 0 Å². The molecule has 2 unspecified atom stereocenters. The van der Waals surface area contributed by atoms with Crippen molar-refractivity contribution in [1.82, 2.24) is 5.06 Å². The fraction of sp³-hybridized carbons (Fsp3) is 0.154. The predicted molar refractivity (Wildman–Crippen MR) is 64.5 cm³/mol. The number of carbonyl (C=O) groups excluding carboxylic acids is 1. The van der Waals surface area contributed by atoms with E-state index in [0.29, 0.717) is 27.7 Å². The Kier molecular flexibility index (Phi) is 2.54. The second kappa shape index (κ2) is 4.01. The lowest BCUT2D eigenvalue weighted by Gasteiger charge is -2.33. The van der Waals surface area contributed by atoms with Crippen molar-refractivity contribution in [2.24, 2.45) is 0 Å². The molecule has 0 aliphatic carbocycles. The number of aliphatic hydroxyl groups is 2. The third-order valence-electron chi connectivity index (χ3n) is 3.42. The molecule has 0 aromatic heterocycles. The molecule has 0 fully saturated rings. The number of aliphatic hydroxyl groups excluding tert-OH is 2. The Balaban J connectivity index is 2.49. The first kappa shape index (κ1) is 12.1. The van der Waals surface area contributed by atoms with Gasteiger partial charge < -0.3 is 20.5 Å². The van der Waals surface area contributed by atoms with Gasteiger partial charge in [0.15, 0.2) is 18.7 Å². The van der Waals surface area contributed by atoms with Crippen LogP contribution in [0.5, 0.6) is 5.75 Å². The monoisotopic (exact) mass is 261 g/mol. The summed E-state index contributed by atoms with van der Waals surface area (Å²) in [6, 6.07) is 6.01. The van der Waals surface area contributed by atoms with Crippen LogP contribution in [0.3, 0.4) is 0 Å². The summed E-state index contributed by atoms with van der Waals surface area (Å²) in [5, 5.41) is 40.5. The largest absolute Gasteiger partial charge is 0.507 e. The van der Waals surface area contributed by atoms with Crippen LogP contribution < -0.4 is 0 Å². The molecule has 0 saturated heterocycles. The molecule has 4 N–H and O–H groups in total. The smallest absolute Gasteiger partial charge is 0.159 e. The molecule has 3 rings (SSSR count). The summed E-state index contributed by atoms with van der Waals surface area (Å²) in [7, 11) is 0. The van der Waals surface area contributed by atoms with Crippen molar-refractivity contribution in [3.05, 3.63) is 41.0 Å². The number of phenolic OH excluding ortho intramolecular Hbond substituents is 1. The van der Waals surface area contributed by atoms with Gasteiger partial charge in [0.1, 0.15) is 5.75 Å². The summed E-state index contributed by atoms with van der Waals surface area (Å²) in [5.74, 6) is -0.279. The highest BCUT2D eigenvalue weighted by molar-refractivity contribution is 6.04. The summed E-state index contributed by atoms with van der Waals surface area (Å²) >= 11 is 0. The lowest BCUT2D eigenvalue weighted by molar-refractivity contribution is -0.278. The molecule has 0 amide bonds. The van der Waals surface area contributed by atoms with Crippen LogP contribution in [-0.4, -0.2) is 31.9 Å². The molecule has 1 aliphatic rings. The van der Waals surface area contributed by atoms with E-state index < -0.39 is 12.5 Å². The van der Waals surface area contributed by atoms with Crippen LogP contribution in [0.1, 0.15) is 33.9 Å². The average molecular weight is 261 g/mol. The second-order valence-electron chi connectivity index (χ2n) is 4.41. The first-order chi connectivity index (χ1) is 9.06. The molecule has 2 aromatic carbocycles. The highest BCUT2D eigenvalue weighted by Crippen LogP contribution is 2.42. The Bertz CT molecular complexity index is 684. The molecule has 0 spiro atoms. The minimum Gasteiger partial charge on any atom is -0.507 e. The number of aldehydes is 1. The molecule has 1 heterocycles. The van der Waals surface area contributed by atoms with Gasteiger partial charge in [0.2, 0.25) is 0 Å². The van der Waals surface area contributed by atoms with Gasteiger partial charge >= 0.3 is 0 Å². The van der Waals surface area contributed by atoms with E-state index in [-0.39, 0.29) is 16.9 Å². The van der Waals surface area contributed by atoms with Crippen molar-refractivity contribution in [3.8, 4) is 5.75 Å². The number of aromatic hydroxyl groups is 1. The van der Waals surface area contributed by atoms with Crippen molar-refractivity contribution in [1.29, 1.82) is 0 Å². The number of rotatable bonds is 1. The third kappa shape index (κ3) is 1.48. The molecule has 6 heteroatoms. The first-order valence-corrected chi connectivity index (χ1v) is 5.63. The summed E-state index contributed by atoms with van der Waals surface area (Å²) in [6.07, 6.45) is -2.35. The topological polar surface area (TPSA) is 101 Å². The Morgan fingerprint density at radius 1 is 1.16 bits per heavy atom. The molecule has 98 valence electrons. The SMILES string of the molecule is O=Cc1c(O)cc2c3c(cccc13)C(O)N(O)C2O. The highest BCUT2D eigenvalue weighted by atomic mass is 16.6. The van der Waals surface area contributed by atoms with Gasteiger partial charge in [-0.3, -0.25) is 4.79 Å². The van der Waals surface area contributed by atoms with Crippen molar-refractivity contribution < 1.29 is 25.3 Å². The van der Waals surface area contributed by atoms with E-state index in [1.165, 1.54) is 6.07 Å². The maximum atomic E-state index is 11.1. The Hall–Kier alpha value is -1.99. The standard InChI is InChI=1S/C13H11NO5/c15-5-9-6-2-1-3-7-11(6)8(4-10(9)16)13(18)14(19)12(7)17/h1-5,12-13,16-19H. The van der Waals surface area contributed by atoms with E-state index in [1.54, 1.807) is 18.2 Å². The van der Waals surface area contributed by atoms with Crippen molar-refractivity contribution in [2.45, 2.75) is 12.5 Å². The average Bonchev–Trinajstić information content (AvgIpc) is 2.42. The van der Waals surface area contributed by atoms with Gasteiger partial charge in [-0.15, -0.1) is 5.06 Å². The minimum absolute atomic E-state index is 0.0892. The van der Waals surface area contributed by atoms with Gasteiger partial charge in [0.05, 0.1) is 5.56 Å². The van der Waals surface area contributed by atoms with Gasteiger partial charge in [-0.2, -0.15) is 0 Å². The lowest BCUT2D eigenvalue weighted by atomic mass is 9.91. The lowest BCUT2D eigenvalue weighted by Crippen LogP contribution is -2.33. The third-order valence-corrected chi connectivity index (χ3v) is 3.42. The van der Waals surface area contributed by atoms with Gasteiger partial charge in [0.25, 0.3) is 0 Å². The van der Waals surface area contributed by atoms with Gasteiger partial charge in [-0.25, -0.2) is 0 Å². The van der Waals surface area contributed by atoms with Crippen LogP contribution in [0.4, 0.5) is 0 Å². The number of hydrogen-bond acceptors (Lipinski definition) is 6. The number of phenols is 1. The van der Waals surface area contributed by atoms with Gasteiger partial charge in [0, 0.05) is 11.1 Å². The van der Waals surface area contributed by atoms with Crippen LogP contribution in [0.2, 0.25) is 0 Å². The van der Waals surface area contributed by atoms with Crippen LogP contribution >= 0.6 is 0 Å². The maximum absolute atomic E-state index is 11.1. The van der Waals surface area contributed by atoms with E-state index >= 15 is 0 Å². The molecule has 0 bridgehead atoms. The fourth-order valence-electron chi connectivity index (χ4n) is 2.51. The van der Waals surface area contributed by atoms with Crippen molar-refractivity contribution >= 4 is 17.1 Å². The molecule has 0 saturated carbocycles. The fourth-order valence-corrected chi connectivity index (χ4v) is 2.51. The summed E-state index contributed by atoms with van der Waals surface area (Å²) in [5.41, 5.74) is 0.691. The van der Waals surface area contributed by atoms with Crippen molar-refractivity contribution in [2.75, 3.05) is 0 Å². The normalized spacial score (nSPS) is 22.7. The number of hydrogen-bond donors (Lipinski definition) is 4. The zero-order valence-electron chi connectivity index (χ0n) is 9.69. The van der Waals surface area contributed by atoms with Gasteiger partial charge in [-0.05, 0) is 16.8 Å². The van der Waals surface area contributed by atoms with Crippen LogP contribution in [0.15, 0.2) is 24.3 Å². The minimum atomic E-state index is -1.47. The molecule has 1 aliphatic heterocycles. The Morgan fingerprint density at radius 2 is 1.84 bits per heavy atom. The van der Waals surface area contributed by atoms with E-state index in [0.717, 1.165) is 0 Å². The first-order valence-electron chi connectivity index (χ1n) is 5.63. The number of carbonyl (C=O) groups is 1. The van der Waals surface area contributed by atoms with E-state index in [1.807, 2.05) is 0 Å². The molecule has 0 radical (unpaired) electrons.